The topological polar surface area (TPSA) is 42.7 Å². The average Bonchev–Trinajstić information content (AvgIpc) is 2.94. The first kappa shape index (κ1) is 10.8. The van der Waals surface area contributed by atoms with Gasteiger partial charge in [0.25, 0.3) is 5.91 Å². The quantitative estimate of drug-likeness (QED) is 0.747. The Labute approximate surface area is 101 Å². The van der Waals surface area contributed by atoms with Crippen molar-refractivity contribution < 1.29 is 13.9 Å². The van der Waals surface area contributed by atoms with Gasteiger partial charge in [-0.3, -0.25) is 4.79 Å². The maximum Gasteiger partial charge on any atom is 0.257 e. The van der Waals surface area contributed by atoms with Crippen molar-refractivity contribution in [1.29, 1.82) is 0 Å². The van der Waals surface area contributed by atoms with Crippen LogP contribution < -0.4 is 0 Å². The highest BCUT2D eigenvalue weighted by Crippen LogP contribution is 2.33. The summed E-state index contributed by atoms with van der Waals surface area (Å²) in [6.45, 7) is 3.67. The fourth-order valence-electron chi connectivity index (χ4n) is 2.92. The molecule has 0 N–H and O–H groups in total. The Morgan fingerprint density at radius 2 is 2.41 bits per heavy atom. The predicted octanol–water partition coefficient (Wildman–Crippen LogP) is 1.92. The Morgan fingerprint density at radius 3 is 3.18 bits per heavy atom. The average molecular weight is 235 g/mol. The number of rotatable bonds is 1. The summed E-state index contributed by atoms with van der Waals surface area (Å²) in [5.41, 5.74) is 0.634. The molecule has 2 aliphatic heterocycles. The molecular weight excluding hydrogens is 218 g/mol. The number of nitrogens with zero attached hydrogens (tertiary/aromatic N) is 1. The molecule has 1 aromatic rings. The molecule has 0 bridgehead atoms. The molecule has 4 nitrogen and oxygen atoms in total. The maximum atomic E-state index is 12.1. The van der Waals surface area contributed by atoms with Crippen molar-refractivity contribution in [3.63, 3.8) is 0 Å². The number of hydrogen-bond donors (Lipinski definition) is 0. The van der Waals surface area contributed by atoms with Crippen molar-refractivity contribution in [1.82, 2.24) is 4.90 Å². The van der Waals surface area contributed by atoms with Crippen LogP contribution >= 0.6 is 0 Å². The number of piperidine rings is 1. The molecule has 0 saturated carbocycles. The molecule has 2 fully saturated rings. The standard InChI is InChI=1S/C13H17NO3/c1-9-6-10-2-4-14(7-12(10)17-9)13(15)11-3-5-16-8-11/h3,5,8-10,12H,2,4,6-7H2,1H3/t9-,10-,12+/m0/s1. The molecule has 3 heterocycles. The Kier molecular flexibility index (Phi) is 2.67. The lowest BCUT2D eigenvalue weighted by Gasteiger charge is -2.33. The van der Waals surface area contributed by atoms with E-state index in [0.717, 1.165) is 25.9 Å². The van der Waals surface area contributed by atoms with Crippen LogP contribution in [0.4, 0.5) is 0 Å². The zero-order valence-corrected chi connectivity index (χ0v) is 9.96. The lowest BCUT2D eigenvalue weighted by atomic mass is 9.92. The number of amides is 1. The van der Waals surface area contributed by atoms with Gasteiger partial charge in [-0.05, 0) is 31.7 Å². The number of fused-ring (bicyclic) bond motifs is 1. The van der Waals surface area contributed by atoms with Crippen LogP contribution in [-0.2, 0) is 4.74 Å². The molecule has 1 aromatic heterocycles. The third kappa shape index (κ3) is 1.97. The number of ether oxygens (including phenoxy) is 1. The molecule has 0 aliphatic carbocycles. The molecule has 3 rings (SSSR count). The minimum absolute atomic E-state index is 0.0559. The zero-order chi connectivity index (χ0) is 11.8. The Hall–Kier alpha value is -1.29. The van der Waals surface area contributed by atoms with E-state index in [1.807, 2.05) is 4.90 Å². The molecule has 0 spiro atoms. The predicted molar refractivity (Wildman–Crippen MR) is 61.7 cm³/mol. The van der Waals surface area contributed by atoms with Crippen LogP contribution in [0.3, 0.4) is 0 Å². The van der Waals surface area contributed by atoms with E-state index < -0.39 is 0 Å². The monoisotopic (exact) mass is 235 g/mol. The lowest BCUT2D eigenvalue weighted by Crippen LogP contribution is -2.45. The van der Waals surface area contributed by atoms with Gasteiger partial charge >= 0.3 is 0 Å². The molecule has 2 saturated heterocycles. The molecular formula is C13H17NO3. The second kappa shape index (κ2) is 4.18. The third-order valence-corrected chi connectivity index (χ3v) is 3.79. The van der Waals surface area contributed by atoms with E-state index in [4.69, 9.17) is 9.15 Å². The van der Waals surface area contributed by atoms with Crippen molar-refractivity contribution in [3.8, 4) is 0 Å². The summed E-state index contributed by atoms with van der Waals surface area (Å²) < 4.78 is 10.8. The number of furan rings is 1. The van der Waals surface area contributed by atoms with Crippen molar-refractivity contribution in [2.45, 2.75) is 32.0 Å². The minimum Gasteiger partial charge on any atom is -0.472 e. The highest BCUT2D eigenvalue weighted by atomic mass is 16.5. The molecule has 1 amide bonds. The van der Waals surface area contributed by atoms with Crippen LogP contribution in [0.15, 0.2) is 23.0 Å². The van der Waals surface area contributed by atoms with Crippen LogP contribution in [0.25, 0.3) is 0 Å². The van der Waals surface area contributed by atoms with Gasteiger partial charge in [-0.1, -0.05) is 0 Å². The van der Waals surface area contributed by atoms with Crippen molar-refractivity contribution in [2.75, 3.05) is 13.1 Å². The number of hydrogen-bond acceptors (Lipinski definition) is 3. The van der Waals surface area contributed by atoms with E-state index in [1.165, 1.54) is 12.5 Å². The Balaban J connectivity index is 1.69. The second-order valence-electron chi connectivity index (χ2n) is 5.03. The summed E-state index contributed by atoms with van der Waals surface area (Å²) >= 11 is 0. The smallest absolute Gasteiger partial charge is 0.257 e. The summed E-state index contributed by atoms with van der Waals surface area (Å²) in [5.74, 6) is 0.693. The van der Waals surface area contributed by atoms with E-state index >= 15 is 0 Å². The van der Waals surface area contributed by atoms with Gasteiger partial charge < -0.3 is 14.1 Å². The fourth-order valence-corrected chi connectivity index (χ4v) is 2.92. The van der Waals surface area contributed by atoms with Gasteiger partial charge in [-0.15, -0.1) is 0 Å². The van der Waals surface area contributed by atoms with Crippen LogP contribution in [0, 0.1) is 5.92 Å². The van der Waals surface area contributed by atoms with Gasteiger partial charge in [-0.2, -0.15) is 0 Å². The van der Waals surface area contributed by atoms with E-state index in [9.17, 15) is 4.79 Å². The first-order valence-corrected chi connectivity index (χ1v) is 6.21. The fraction of sp³-hybridized carbons (Fsp3) is 0.615. The van der Waals surface area contributed by atoms with E-state index in [1.54, 1.807) is 6.07 Å². The summed E-state index contributed by atoms with van der Waals surface area (Å²) in [5, 5.41) is 0. The molecule has 92 valence electrons. The Bertz CT molecular complexity index is 401. The summed E-state index contributed by atoms with van der Waals surface area (Å²) in [6.07, 6.45) is 5.81. The van der Waals surface area contributed by atoms with Gasteiger partial charge in [0.2, 0.25) is 0 Å². The lowest BCUT2D eigenvalue weighted by molar-refractivity contribution is 0.00154. The molecule has 3 atom stereocenters. The largest absolute Gasteiger partial charge is 0.472 e. The molecule has 17 heavy (non-hydrogen) atoms. The number of likely N-dealkylation sites (tertiary alicyclic amines) is 1. The van der Waals surface area contributed by atoms with E-state index in [0.29, 0.717) is 17.6 Å². The molecule has 0 radical (unpaired) electrons. The molecule has 2 aliphatic rings. The van der Waals surface area contributed by atoms with Gasteiger partial charge in [0.1, 0.15) is 6.26 Å². The van der Waals surface area contributed by atoms with Gasteiger partial charge in [0.05, 0.1) is 24.0 Å². The van der Waals surface area contributed by atoms with Crippen molar-refractivity contribution >= 4 is 5.91 Å². The second-order valence-corrected chi connectivity index (χ2v) is 5.03. The highest BCUT2D eigenvalue weighted by molar-refractivity contribution is 5.93. The highest BCUT2D eigenvalue weighted by Gasteiger charge is 2.38. The Morgan fingerprint density at radius 1 is 1.53 bits per heavy atom. The summed E-state index contributed by atoms with van der Waals surface area (Å²) in [7, 11) is 0. The summed E-state index contributed by atoms with van der Waals surface area (Å²) in [4.78, 5) is 14.0. The minimum atomic E-state index is 0.0559. The van der Waals surface area contributed by atoms with E-state index in [2.05, 4.69) is 6.92 Å². The van der Waals surface area contributed by atoms with Gasteiger partial charge in [0, 0.05) is 13.1 Å². The van der Waals surface area contributed by atoms with E-state index in [-0.39, 0.29) is 12.0 Å². The van der Waals surface area contributed by atoms with Crippen LogP contribution in [0.2, 0.25) is 0 Å². The third-order valence-electron chi connectivity index (χ3n) is 3.79. The van der Waals surface area contributed by atoms with Crippen LogP contribution in [-0.4, -0.2) is 36.1 Å². The first-order valence-electron chi connectivity index (χ1n) is 6.21. The number of carbonyl (C=O) groups is 1. The van der Waals surface area contributed by atoms with Gasteiger partial charge in [0.15, 0.2) is 0 Å². The van der Waals surface area contributed by atoms with Crippen molar-refractivity contribution in [2.24, 2.45) is 5.92 Å². The summed E-state index contributed by atoms with van der Waals surface area (Å²) in [6, 6.07) is 1.71. The number of carbonyl (C=O) groups excluding carboxylic acids is 1. The first-order chi connectivity index (χ1) is 8.24. The van der Waals surface area contributed by atoms with Crippen molar-refractivity contribution in [3.05, 3.63) is 24.2 Å². The molecule has 0 aromatic carbocycles. The SMILES string of the molecule is C[C@H]1C[C@@H]2CCN(C(=O)c3ccoc3)C[C@H]2O1. The zero-order valence-electron chi connectivity index (χ0n) is 9.96. The van der Waals surface area contributed by atoms with Gasteiger partial charge in [-0.25, -0.2) is 0 Å². The van der Waals surface area contributed by atoms with Crippen LogP contribution in [0.5, 0.6) is 0 Å². The maximum absolute atomic E-state index is 12.1. The molecule has 4 heteroatoms. The molecule has 0 unspecified atom stereocenters. The van der Waals surface area contributed by atoms with Crippen LogP contribution in [0.1, 0.15) is 30.1 Å². The normalized spacial score (nSPS) is 32.5.